The molecule has 4 nitrogen and oxygen atoms in total. The van der Waals surface area contributed by atoms with Crippen molar-refractivity contribution in [3.63, 3.8) is 0 Å². The van der Waals surface area contributed by atoms with Crippen molar-refractivity contribution in [2.75, 3.05) is 0 Å². The number of benzene rings is 1. The lowest BCUT2D eigenvalue weighted by molar-refractivity contribution is 0.964. The van der Waals surface area contributed by atoms with Crippen LogP contribution in [0.15, 0.2) is 59.0 Å². The lowest BCUT2D eigenvalue weighted by Crippen LogP contribution is -1.96. The van der Waals surface area contributed by atoms with Crippen LogP contribution in [0.5, 0.6) is 0 Å². The molecule has 3 rings (SSSR count). The summed E-state index contributed by atoms with van der Waals surface area (Å²) in [4.78, 5) is 17.6. The van der Waals surface area contributed by atoms with Crippen LogP contribution in [0.4, 0.5) is 0 Å². The Hall–Kier alpha value is -1.69. The molecule has 2 heterocycles. The van der Waals surface area contributed by atoms with Gasteiger partial charge in [-0.1, -0.05) is 47.1 Å². The van der Waals surface area contributed by atoms with Crippen molar-refractivity contribution in [1.82, 2.24) is 19.9 Å². The molecule has 0 saturated heterocycles. The Morgan fingerprint density at radius 3 is 2.45 bits per heavy atom. The summed E-state index contributed by atoms with van der Waals surface area (Å²) >= 11 is 13.7. The summed E-state index contributed by atoms with van der Waals surface area (Å²) in [5.74, 6) is 0.734. The SMILES string of the molecule is Clc1cnc(Sc2cccc(Cc3ncccn3)c2Cl)cn1. The number of hydrogen-bond donors (Lipinski definition) is 0. The standard InChI is InChI=1S/C15H10Cl2N4S/c16-12-8-21-14(9-20-12)22-11-4-1-3-10(15(11)17)7-13-18-5-2-6-19-13/h1-6,8-9H,7H2. The smallest absolute Gasteiger partial charge is 0.147 e. The first-order valence-corrected chi connectivity index (χ1v) is 7.98. The van der Waals surface area contributed by atoms with E-state index in [0.29, 0.717) is 16.6 Å². The molecule has 2 aromatic heterocycles. The molecular formula is C15H10Cl2N4S. The van der Waals surface area contributed by atoms with E-state index in [1.54, 1.807) is 24.7 Å². The van der Waals surface area contributed by atoms with Crippen LogP contribution in [0.25, 0.3) is 0 Å². The molecule has 110 valence electrons. The van der Waals surface area contributed by atoms with Gasteiger partial charge in [0.1, 0.15) is 16.0 Å². The van der Waals surface area contributed by atoms with Crippen LogP contribution >= 0.6 is 35.0 Å². The van der Waals surface area contributed by atoms with E-state index in [4.69, 9.17) is 23.2 Å². The Bertz CT molecular complexity index is 766. The first kappa shape index (κ1) is 15.2. The molecule has 22 heavy (non-hydrogen) atoms. The third-order valence-electron chi connectivity index (χ3n) is 2.82. The number of rotatable bonds is 4. The fourth-order valence-electron chi connectivity index (χ4n) is 1.83. The van der Waals surface area contributed by atoms with E-state index in [1.807, 2.05) is 18.2 Å². The van der Waals surface area contributed by atoms with Gasteiger partial charge in [-0.3, -0.25) is 0 Å². The predicted octanol–water partition coefficient (Wildman–Crippen LogP) is 4.32. The van der Waals surface area contributed by atoms with Crippen molar-refractivity contribution >= 4 is 35.0 Å². The number of hydrogen-bond acceptors (Lipinski definition) is 5. The highest BCUT2D eigenvalue weighted by Gasteiger charge is 2.10. The van der Waals surface area contributed by atoms with Gasteiger partial charge >= 0.3 is 0 Å². The Balaban J connectivity index is 1.84. The van der Waals surface area contributed by atoms with Crippen LogP contribution in [-0.4, -0.2) is 19.9 Å². The molecule has 0 aliphatic heterocycles. The van der Waals surface area contributed by atoms with Gasteiger partial charge in [-0.25, -0.2) is 19.9 Å². The average molecular weight is 349 g/mol. The van der Waals surface area contributed by atoms with Gasteiger partial charge < -0.3 is 0 Å². The van der Waals surface area contributed by atoms with Crippen LogP contribution in [0, 0.1) is 0 Å². The molecule has 7 heteroatoms. The van der Waals surface area contributed by atoms with Crippen molar-refractivity contribution in [2.45, 2.75) is 16.3 Å². The summed E-state index contributed by atoms with van der Waals surface area (Å²) in [5, 5.41) is 1.78. The number of aromatic nitrogens is 4. The maximum absolute atomic E-state index is 6.49. The van der Waals surface area contributed by atoms with E-state index < -0.39 is 0 Å². The Labute approximate surface area is 142 Å². The normalized spacial score (nSPS) is 10.6. The molecule has 0 N–H and O–H groups in total. The monoisotopic (exact) mass is 348 g/mol. The molecule has 0 spiro atoms. The largest absolute Gasteiger partial charge is 0.245 e. The Kier molecular flexibility index (Phi) is 4.87. The second kappa shape index (κ2) is 7.05. The zero-order valence-corrected chi connectivity index (χ0v) is 13.6. The van der Waals surface area contributed by atoms with E-state index in [9.17, 15) is 0 Å². The first-order valence-electron chi connectivity index (χ1n) is 6.41. The van der Waals surface area contributed by atoms with Gasteiger partial charge in [0, 0.05) is 23.7 Å². The van der Waals surface area contributed by atoms with Gasteiger partial charge in [0.2, 0.25) is 0 Å². The maximum Gasteiger partial charge on any atom is 0.147 e. The lowest BCUT2D eigenvalue weighted by atomic mass is 10.1. The second-order valence-corrected chi connectivity index (χ2v) is 6.18. The molecule has 0 amide bonds. The number of nitrogens with zero attached hydrogens (tertiary/aromatic N) is 4. The fraction of sp³-hybridized carbons (Fsp3) is 0.0667. The molecule has 0 unspecified atom stereocenters. The van der Waals surface area contributed by atoms with Gasteiger partial charge in [-0.05, 0) is 17.7 Å². The van der Waals surface area contributed by atoms with E-state index in [2.05, 4.69) is 19.9 Å². The van der Waals surface area contributed by atoms with Crippen LogP contribution in [0.1, 0.15) is 11.4 Å². The molecular weight excluding hydrogens is 339 g/mol. The maximum atomic E-state index is 6.49. The van der Waals surface area contributed by atoms with E-state index in [-0.39, 0.29) is 0 Å². The fourth-order valence-corrected chi connectivity index (χ4v) is 3.04. The van der Waals surface area contributed by atoms with Crippen molar-refractivity contribution in [3.8, 4) is 0 Å². The highest BCUT2D eigenvalue weighted by molar-refractivity contribution is 7.99. The van der Waals surface area contributed by atoms with Gasteiger partial charge in [-0.15, -0.1) is 0 Å². The van der Waals surface area contributed by atoms with Crippen molar-refractivity contribution < 1.29 is 0 Å². The minimum absolute atomic E-state index is 0.366. The second-order valence-electron chi connectivity index (χ2n) is 4.35. The summed E-state index contributed by atoms with van der Waals surface area (Å²) in [6.07, 6.45) is 7.16. The van der Waals surface area contributed by atoms with E-state index in [0.717, 1.165) is 21.3 Å². The summed E-state index contributed by atoms with van der Waals surface area (Å²) in [5.41, 5.74) is 0.972. The van der Waals surface area contributed by atoms with Crippen molar-refractivity contribution in [3.05, 3.63) is 70.6 Å². The van der Waals surface area contributed by atoms with Gasteiger partial charge in [0.05, 0.1) is 17.4 Å². The first-order chi connectivity index (χ1) is 10.7. The summed E-state index contributed by atoms with van der Waals surface area (Å²) in [6, 6.07) is 7.65. The lowest BCUT2D eigenvalue weighted by Gasteiger charge is -2.08. The highest BCUT2D eigenvalue weighted by Crippen LogP contribution is 2.34. The summed E-state index contributed by atoms with van der Waals surface area (Å²) in [6.45, 7) is 0. The molecule has 0 aliphatic rings. The summed E-state index contributed by atoms with van der Waals surface area (Å²) in [7, 11) is 0. The Morgan fingerprint density at radius 1 is 0.909 bits per heavy atom. The van der Waals surface area contributed by atoms with Crippen LogP contribution in [0.2, 0.25) is 10.2 Å². The van der Waals surface area contributed by atoms with Gasteiger partial charge in [-0.2, -0.15) is 0 Å². The molecule has 0 saturated carbocycles. The molecule has 0 radical (unpaired) electrons. The number of halogens is 2. The molecule has 1 aromatic carbocycles. The third kappa shape index (κ3) is 3.74. The van der Waals surface area contributed by atoms with Crippen LogP contribution < -0.4 is 0 Å². The molecule has 3 aromatic rings. The minimum Gasteiger partial charge on any atom is -0.245 e. The van der Waals surface area contributed by atoms with Crippen LogP contribution in [-0.2, 0) is 6.42 Å². The molecule has 0 atom stereocenters. The zero-order chi connectivity index (χ0) is 15.4. The molecule has 0 fully saturated rings. The van der Waals surface area contributed by atoms with Gasteiger partial charge in [0.15, 0.2) is 0 Å². The zero-order valence-electron chi connectivity index (χ0n) is 11.3. The summed E-state index contributed by atoms with van der Waals surface area (Å²) < 4.78 is 0. The van der Waals surface area contributed by atoms with Crippen LogP contribution in [0.3, 0.4) is 0 Å². The van der Waals surface area contributed by atoms with Gasteiger partial charge in [0.25, 0.3) is 0 Å². The molecule has 0 aliphatic carbocycles. The van der Waals surface area contributed by atoms with E-state index >= 15 is 0 Å². The average Bonchev–Trinajstić information content (AvgIpc) is 2.54. The third-order valence-corrected chi connectivity index (χ3v) is 4.56. The minimum atomic E-state index is 0.366. The van der Waals surface area contributed by atoms with E-state index in [1.165, 1.54) is 18.0 Å². The molecule has 0 bridgehead atoms. The topological polar surface area (TPSA) is 51.6 Å². The predicted molar refractivity (Wildman–Crippen MR) is 87.5 cm³/mol. The van der Waals surface area contributed by atoms with Crippen molar-refractivity contribution in [1.29, 1.82) is 0 Å². The van der Waals surface area contributed by atoms with Crippen molar-refractivity contribution in [2.24, 2.45) is 0 Å². The quantitative estimate of drug-likeness (QED) is 0.702. The highest BCUT2D eigenvalue weighted by atomic mass is 35.5. The Morgan fingerprint density at radius 2 is 1.73 bits per heavy atom.